The number of hydrogen-bond donors (Lipinski definition) is 2. The zero-order valence-electron chi connectivity index (χ0n) is 8.53. The first kappa shape index (κ1) is 10.4. The van der Waals surface area contributed by atoms with Crippen molar-refractivity contribution in [3.63, 3.8) is 0 Å². The molecule has 0 saturated heterocycles. The van der Waals surface area contributed by atoms with Crippen LogP contribution in [0.2, 0.25) is 0 Å². The molecule has 0 fully saturated rings. The highest BCUT2D eigenvalue weighted by atomic mass is 16.2. The van der Waals surface area contributed by atoms with Crippen LogP contribution in [0, 0.1) is 6.92 Å². The standard InChI is InChI=1S/C9H14N4O/c1-6(9(14)10-3)12-8-4-5-11-7(2)13-8/h4-6H,1-3H3,(H,10,14)(H,11,12,13)/t6-/m1/s1. The van der Waals surface area contributed by atoms with Gasteiger partial charge in [-0.1, -0.05) is 0 Å². The lowest BCUT2D eigenvalue weighted by Gasteiger charge is -2.12. The van der Waals surface area contributed by atoms with Crippen molar-refractivity contribution < 1.29 is 4.79 Å². The van der Waals surface area contributed by atoms with Crippen LogP contribution in [0.25, 0.3) is 0 Å². The number of nitrogens with zero attached hydrogens (tertiary/aromatic N) is 2. The lowest BCUT2D eigenvalue weighted by Crippen LogP contribution is -2.35. The Kier molecular flexibility index (Phi) is 3.39. The first-order chi connectivity index (χ1) is 6.63. The predicted molar refractivity (Wildman–Crippen MR) is 53.9 cm³/mol. The summed E-state index contributed by atoms with van der Waals surface area (Å²) in [6, 6.07) is 1.43. The molecule has 5 nitrogen and oxygen atoms in total. The fourth-order valence-corrected chi connectivity index (χ4v) is 1.04. The second-order valence-corrected chi connectivity index (χ2v) is 2.97. The Morgan fingerprint density at radius 1 is 1.57 bits per heavy atom. The summed E-state index contributed by atoms with van der Waals surface area (Å²) < 4.78 is 0. The number of anilines is 1. The Bertz CT molecular complexity index is 326. The van der Waals surface area contributed by atoms with Crippen LogP contribution < -0.4 is 10.6 Å². The van der Waals surface area contributed by atoms with Crippen molar-refractivity contribution >= 4 is 11.7 Å². The van der Waals surface area contributed by atoms with E-state index in [0.29, 0.717) is 11.6 Å². The molecule has 2 N–H and O–H groups in total. The lowest BCUT2D eigenvalue weighted by molar-refractivity contribution is -0.121. The van der Waals surface area contributed by atoms with Gasteiger partial charge >= 0.3 is 0 Å². The van der Waals surface area contributed by atoms with E-state index in [0.717, 1.165) is 0 Å². The van der Waals surface area contributed by atoms with Crippen LogP contribution in [0.4, 0.5) is 5.82 Å². The third kappa shape index (κ3) is 2.69. The molecule has 5 heteroatoms. The van der Waals surface area contributed by atoms with E-state index in [2.05, 4.69) is 20.6 Å². The molecule has 0 unspecified atom stereocenters. The monoisotopic (exact) mass is 194 g/mol. The van der Waals surface area contributed by atoms with Crippen molar-refractivity contribution in [1.82, 2.24) is 15.3 Å². The number of nitrogens with one attached hydrogen (secondary N) is 2. The van der Waals surface area contributed by atoms with Gasteiger partial charge in [-0.3, -0.25) is 4.79 Å². The largest absolute Gasteiger partial charge is 0.359 e. The smallest absolute Gasteiger partial charge is 0.241 e. The summed E-state index contributed by atoms with van der Waals surface area (Å²) in [5.41, 5.74) is 0. The highest BCUT2D eigenvalue weighted by Gasteiger charge is 2.10. The molecule has 0 spiro atoms. The third-order valence-corrected chi connectivity index (χ3v) is 1.78. The zero-order chi connectivity index (χ0) is 10.6. The molecular weight excluding hydrogens is 180 g/mol. The quantitative estimate of drug-likeness (QED) is 0.727. The fourth-order valence-electron chi connectivity index (χ4n) is 1.04. The van der Waals surface area contributed by atoms with Crippen molar-refractivity contribution in [2.45, 2.75) is 19.9 Å². The molecule has 0 aliphatic rings. The molecule has 14 heavy (non-hydrogen) atoms. The van der Waals surface area contributed by atoms with Gasteiger partial charge in [-0.15, -0.1) is 0 Å². The van der Waals surface area contributed by atoms with E-state index in [4.69, 9.17) is 0 Å². The summed E-state index contributed by atoms with van der Waals surface area (Å²) in [4.78, 5) is 19.3. The average Bonchev–Trinajstić information content (AvgIpc) is 2.16. The Balaban J connectivity index is 2.64. The molecule has 0 bridgehead atoms. The number of hydrogen-bond acceptors (Lipinski definition) is 4. The zero-order valence-corrected chi connectivity index (χ0v) is 8.53. The first-order valence-corrected chi connectivity index (χ1v) is 4.41. The molecule has 1 atom stereocenters. The van der Waals surface area contributed by atoms with E-state index in [-0.39, 0.29) is 11.9 Å². The summed E-state index contributed by atoms with van der Waals surface area (Å²) in [7, 11) is 1.60. The van der Waals surface area contributed by atoms with E-state index < -0.39 is 0 Å². The summed E-state index contributed by atoms with van der Waals surface area (Å²) in [5.74, 6) is 1.27. The van der Waals surface area contributed by atoms with Gasteiger partial charge in [0.15, 0.2) is 0 Å². The van der Waals surface area contributed by atoms with Gasteiger partial charge in [-0.05, 0) is 19.9 Å². The fraction of sp³-hybridized carbons (Fsp3) is 0.444. The van der Waals surface area contributed by atoms with E-state index in [1.807, 2.05) is 0 Å². The maximum absolute atomic E-state index is 11.2. The van der Waals surface area contributed by atoms with Gasteiger partial charge in [0.05, 0.1) is 0 Å². The molecule has 1 amide bonds. The van der Waals surface area contributed by atoms with Gasteiger partial charge in [-0.2, -0.15) is 0 Å². The van der Waals surface area contributed by atoms with Crippen molar-refractivity contribution in [3.8, 4) is 0 Å². The first-order valence-electron chi connectivity index (χ1n) is 4.41. The van der Waals surface area contributed by atoms with Gasteiger partial charge < -0.3 is 10.6 Å². The molecule has 0 saturated carbocycles. The number of amides is 1. The van der Waals surface area contributed by atoms with E-state index in [9.17, 15) is 4.79 Å². The number of rotatable bonds is 3. The van der Waals surface area contributed by atoms with E-state index in [1.165, 1.54) is 0 Å². The number of aromatic nitrogens is 2. The predicted octanol–water partition coefficient (Wildman–Crippen LogP) is 0.331. The maximum Gasteiger partial charge on any atom is 0.241 e. The maximum atomic E-state index is 11.2. The molecular formula is C9H14N4O. The Hall–Kier alpha value is -1.65. The minimum Gasteiger partial charge on any atom is -0.359 e. The minimum absolute atomic E-state index is 0.0683. The van der Waals surface area contributed by atoms with Crippen LogP contribution in [-0.4, -0.2) is 29.0 Å². The summed E-state index contributed by atoms with van der Waals surface area (Å²) in [5, 5.41) is 5.52. The normalized spacial score (nSPS) is 11.9. The molecule has 1 heterocycles. The topological polar surface area (TPSA) is 66.9 Å². The van der Waals surface area contributed by atoms with Crippen LogP contribution >= 0.6 is 0 Å². The SMILES string of the molecule is CNC(=O)[C@@H](C)Nc1ccnc(C)n1. The number of carbonyl (C=O) groups is 1. The molecule has 1 aromatic rings. The van der Waals surface area contributed by atoms with Gasteiger partial charge in [0.2, 0.25) is 5.91 Å². The molecule has 0 aliphatic heterocycles. The van der Waals surface area contributed by atoms with Crippen LogP contribution in [0.3, 0.4) is 0 Å². The van der Waals surface area contributed by atoms with Crippen molar-refractivity contribution in [2.24, 2.45) is 0 Å². The molecule has 76 valence electrons. The van der Waals surface area contributed by atoms with Gasteiger partial charge in [-0.25, -0.2) is 9.97 Å². The third-order valence-electron chi connectivity index (χ3n) is 1.78. The van der Waals surface area contributed by atoms with Crippen molar-refractivity contribution in [1.29, 1.82) is 0 Å². The summed E-state index contributed by atoms with van der Waals surface area (Å²) >= 11 is 0. The summed E-state index contributed by atoms with van der Waals surface area (Å²) in [6.45, 7) is 3.58. The van der Waals surface area contributed by atoms with E-state index in [1.54, 1.807) is 33.2 Å². The highest BCUT2D eigenvalue weighted by Crippen LogP contribution is 2.03. The Labute approximate surface area is 83.0 Å². The Morgan fingerprint density at radius 2 is 2.29 bits per heavy atom. The molecule has 1 rings (SSSR count). The average molecular weight is 194 g/mol. The lowest BCUT2D eigenvalue weighted by atomic mass is 10.3. The van der Waals surface area contributed by atoms with Gasteiger partial charge in [0.25, 0.3) is 0 Å². The molecule has 0 aromatic carbocycles. The highest BCUT2D eigenvalue weighted by molar-refractivity contribution is 5.83. The molecule has 0 radical (unpaired) electrons. The van der Waals surface area contributed by atoms with E-state index >= 15 is 0 Å². The van der Waals surface area contributed by atoms with Crippen molar-refractivity contribution in [2.75, 3.05) is 12.4 Å². The van der Waals surface area contributed by atoms with Crippen LogP contribution in [-0.2, 0) is 4.79 Å². The van der Waals surface area contributed by atoms with Crippen LogP contribution in [0.1, 0.15) is 12.7 Å². The molecule has 1 aromatic heterocycles. The van der Waals surface area contributed by atoms with Crippen molar-refractivity contribution in [3.05, 3.63) is 18.1 Å². The second-order valence-electron chi connectivity index (χ2n) is 2.97. The molecule has 0 aliphatic carbocycles. The Morgan fingerprint density at radius 3 is 2.86 bits per heavy atom. The number of carbonyl (C=O) groups excluding carboxylic acids is 1. The van der Waals surface area contributed by atoms with Gasteiger partial charge in [0.1, 0.15) is 17.7 Å². The van der Waals surface area contributed by atoms with Gasteiger partial charge in [0, 0.05) is 13.2 Å². The number of likely N-dealkylation sites (N-methyl/N-ethyl adjacent to an activating group) is 1. The minimum atomic E-state index is -0.297. The van der Waals surface area contributed by atoms with Crippen LogP contribution in [0.15, 0.2) is 12.3 Å². The van der Waals surface area contributed by atoms with Crippen LogP contribution in [0.5, 0.6) is 0 Å². The summed E-state index contributed by atoms with van der Waals surface area (Å²) in [6.07, 6.45) is 1.65. The number of aryl methyl sites for hydroxylation is 1. The second kappa shape index (κ2) is 4.55.